The second kappa shape index (κ2) is 31.5. The molecule has 446 valence electrons. The lowest BCUT2D eigenvalue weighted by Gasteiger charge is -2.40. The number of fused-ring (bicyclic) bond motifs is 3. The number of hydrogen-bond donors (Lipinski definition) is 5. The zero-order valence-electron chi connectivity index (χ0n) is 45.6. The zero-order valence-corrected chi connectivity index (χ0v) is 45.6. The van der Waals surface area contributed by atoms with Gasteiger partial charge in [-0.3, -0.25) is 52.7 Å². The van der Waals surface area contributed by atoms with E-state index in [-0.39, 0.29) is 26.1 Å². The molecular weight excluding hydrogens is 1090 g/mol. The van der Waals surface area contributed by atoms with Gasteiger partial charge in [0.1, 0.15) is 31.8 Å². The minimum Gasteiger partial charge on any atom is -0.460 e. The summed E-state index contributed by atoms with van der Waals surface area (Å²) in [6.07, 6.45) is -9.94. The van der Waals surface area contributed by atoms with Crippen molar-refractivity contribution in [1.82, 2.24) is 21.3 Å². The van der Waals surface area contributed by atoms with Crippen LogP contribution in [0, 0.1) is 0 Å². The predicted octanol–water partition coefficient (Wildman–Crippen LogP) is -0.688. The van der Waals surface area contributed by atoms with Gasteiger partial charge in [0.2, 0.25) is 23.6 Å². The molecule has 0 spiro atoms. The average Bonchev–Trinajstić information content (AvgIpc) is 3.68. The van der Waals surface area contributed by atoms with Crippen molar-refractivity contribution in [2.75, 3.05) is 52.7 Å². The van der Waals surface area contributed by atoms with Crippen molar-refractivity contribution in [1.29, 1.82) is 0 Å². The van der Waals surface area contributed by atoms with Crippen LogP contribution in [0.1, 0.15) is 71.4 Å². The molecule has 5 rings (SSSR count). The van der Waals surface area contributed by atoms with Crippen LogP contribution in [-0.2, 0) is 110 Å². The van der Waals surface area contributed by atoms with Crippen molar-refractivity contribution in [3.63, 3.8) is 0 Å². The Kier molecular flexibility index (Phi) is 24.7. The smallest absolute Gasteiger partial charge is 0.407 e. The minimum atomic E-state index is -1.77. The van der Waals surface area contributed by atoms with Crippen molar-refractivity contribution < 1.29 is 114 Å². The van der Waals surface area contributed by atoms with Crippen LogP contribution in [-0.4, -0.2) is 186 Å². The molecule has 0 unspecified atom stereocenters. The Hall–Kier alpha value is -8.54. The van der Waals surface area contributed by atoms with E-state index in [1.165, 1.54) is 6.08 Å². The maximum atomic E-state index is 14.1. The molecule has 2 aliphatic heterocycles. The maximum Gasteiger partial charge on any atom is 0.407 e. The molecule has 2 heterocycles. The lowest BCUT2D eigenvalue weighted by molar-refractivity contribution is -0.281. The van der Waals surface area contributed by atoms with Gasteiger partial charge >= 0.3 is 47.9 Å². The summed E-state index contributed by atoms with van der Waals surface area (Å²) in [5.41, 5.74) is 8.72. The Balaban J connectivity index is 1.35. The summed E-state index contributed by atoms with van der Waals surface area (Å²) in [4.78, 5) is 152. The van der Waals surface area contributed by atoms with Crippen LogP contribution < -0.4 is 27.0 Å². The molecule has 0 aromatic heterocycles. The van der Waals surface area contributed by atoms with E-state index in [0.29, 0.717) is 0 Å². The summed E-state index contributed by atoms with van der Waals surface area (Å²) in [5.74, 6) is -10.4. The first-order valence-corrected chi connectivity index (χ1v) is 25.6. The van der Waals surface area contributed by atoms with Crippen LogP contribution in [0.5, 0.6) is 0 Å². The lowest BCUT2D eigenvalue weighted by Crippen LogP contribution is -2.60. The molecule has 2 fully saturated rings. The predicted molar refractivity (Wildman–Crippen MR) is 273 cm³/mol. The first-order valence-electron chi connectivity index (χ1n) is 25.6. The third-order valence-electron chi connectivity index (χ3n) is 12.0. The zero-order chi connectivity index (χ0) is 60.0. The topological polar surface area (TPSA) is 390 Å². The number of nitrogens with one attached hydrogen (secondary N) is 4. The molecule has 10 atom stereocenters. The van der Waals surface area contributed by atoms with Crippen molar-refractivity contribution >= 4 is 71.5 Å². The molecule has 5 amide bonds. The standard InChI is InChI=1S/C53H65N5O24/c1-27(59)77-40-25-74-51(47(81-31(5)63)45(40)79-29(3)61)72-23-38(49(68)56-21-44(67)71-19-13-7-8-18-42(54)65)57-43(66)20-55-50(69)39(24-73-52-48(82-32(6)64)46(80-30(4)62)41(26-75-52)78-28(2)60)58-53(70)76-22-37-35-16-11-9-14-33(35)34-15-10-12-17-36(34)37/h7,9-17,37-41,45-48,51-52H,8,18-26H2,1-6H3,(H2,54,65)(H,55,69)(H,56,68)(H,57,66)(H,58,70)/b13-7+/t38-,39-,40+,41+,45-,46-,47+,48+,51+,52+/m0/s1. The minimum absolute atomic E-state index is 0.0503. The molecule has 2 aromatic carbocycles. The van der Waals surface area contributed by atoms with Gasteiger partial charge in [-0.1, -0.05) is 60.7 Å². The van der Waals surface area contributed by atoms with Gasteiger partial charge < -0.3 is 83.8 Å². The molecule has 2 saturated heterocycles. The number of allylic oxidation sites excluding steroid dienone is 1. The third kappa shape index (κ3) is 19.9. The third-order valence-corrected chi connectivity index (χ3v) is 12.0. The molecule has 82 heavy (non-hydrogen) atoms. The molecule has 29 heteroatoms. The average molecular weight is 1160 g/mol. The van der Waals surface area contributed by atoms with E-state index in [9.17, 15) is 57.5 Å². The van der Waals surface area contributed by atoms with E-state index in [4.69, 9.17) is 62.6 Å². The number of hydrogen-bond acceptors (Lipinski definition) is 24. The summed E-state index contributed by atoms with van der Waals surface area (Å²) in [6, 6.07) is 11.5. The van der Waals surface area contributed by atoms with Crippen LogP contribution in [0.25, 0.3) is 11.1 Å². The highest BCUT2D eigenvalue weighted by atomic mass is 16.7. The number of nitrogens with two attached hydrogens (primary N) is 1. The molecule has 2 aromatic rings. The van der Waals surface area contributed by atoms with E-state index in [1.807, 2.05) is 48.5 Å². The quantitative estimate of drug-likeness (QED) is 0.0420. The van der Waals surface area contributed by atoms with Crippen LogP contribution >= 0.6 is 0 Å². The summed E-state index contributed by atoms with van der Waals surface area (Å²) < 4.78 is 65.8. The highest BCUT2D eigenvalue weighted by Crippen LogP contribution is 2.44. The number of benzene rings is 2. The van der Waals surface area contributed by atoms with Crippen molar-refractivity contribution in [2.24, 2.45) is 5.73 Å². The Labute approximate surface area is 469 Å². The van der Waals surface area contributed by atoms with Crippen LogP contribution in [0.4, 0.5) is 4.79 Å². The Bertz CT molecular complexity index is 2650. The summed E-state index contributed by atoms with van der Waals surface area (Å²) in [6.45, 7) is 1.49. The molecule has 0 bridgehead atoms. The van der Waals surface area contributed by atoms with Crippen LogP contribution in [0.2, 0.25) is 0 Å². The van der Waals surface area contributed by atoms with E-state index in [1.54, 1.807) is 6.08 Å². The monoisotopic (exact) mass is 1160 g/mol. The van der Waals surface area contributed by atoms with Gasteiger partial charge in [0.15, 0.2) is 49.2 Å². The molecule has 0 radical (unpaired) electrons. The molecular formula is C53H65N5O24. The summed E-state index contributed by atoms with van der Waals surface area (Å²) in [5, 5.41) is 9.33. The summed E-state index contributed by atoms with van der Waals surface area (Å²) >= 11 is 0. The first-order chi connectivity index (χ1) is 39.0. The van der Waals surface area contributed by atoms with Gasteiger partial charge in [0.05, 0.1) is 33.0 Å². The number of carbonyl (C=O) groups is 12. The maximum absolute atomic E-state index is 14.1. The van der Waals surface area contributed by atoms with Crippen molar-refractivity contribution in [3.8, 4) is 11.1 Å². The Morgan fingerprint density at radius 1 is 0.561 bits per heavy atom. The molecule has 0 saturated carbocycles. The number of carbonyl (C=O) groups excluding carboxylic acids is 12. The molecule has 1 aliphatic carbocycles. The van der Waals surface area contributed by atoms with Gasteiger partial charge in [0, 0.05) is 53.9 Å². The normalized spacial score (nSPS) is 21.5. The van der Waals surface area contributed by atoms with Crippen molar-refractivity contribution in [3.05, 3.63) is 71.8 Å². The van der Waals surface area contributed by atoms with E-state index < -0.39 is 178 Å². The van der Waals surface area contributed by atoms with Gasteiger partial charge in [-0.2, -0.15) is 0 Å². The molecule has 29 nitrogen and oxygen atoms in total. The Morgan fingerprint density at radius 3 is 1.46 bits per heavy atom. The molecule has 3 aliphatic rings. The molecule has 6 N–H and O–H groups in total. The second-order valence-electron chi connectivity index (χ2n) is 18.4. The van der Waals surface area contributed by atoms with Gasteiger partial charge in [-0.25, -0.2) is 4.79 Å². The van der Waals surface area contributed by atoms with Crippen LogP contribution in [0.15, 0.2) is 60.7 Å². The largest absolute Gasteiger partial charge is 0.460 e. The highest BCUT2D eigenvalue weighted by Gasteiger charge is 2.49. The number of alkyl carbamates (subject to hydrolysis) is 1. The van der Waals surface area contributed by atoms with Gasteiger partial charge in [-0.05, 0) is 28.7 Å². The first kappa shape index (κ1) is 64.3. The number of esters is 7. The van der Waals surface area contributed by atoms with Crippen molar-refractivity contribution in [2.45, 2.75) is 122 Å². The number of ether oxygens (including phenoxy) is 12. The number of primary amides is 1. The van der Waals surface area contributed by atoms with Gasteiger partial charge in [-0.15, -0.1) is 0 Å². The SMILES string of the molecule is CC(=O)O[C@@H]1[C@@H](OC(C)=O)[C@H](OC[C@H](NC(=O)CNC(=O)[C@H](CO[C@@H]2OC[C@@H](OC(C)=O)[C@H](OC(C)=O)[C@H]2OC(C)=O)NC(=O)OCC2c3ccccc3-c3ccccc32)C(=O)NCC(=O)OC/C=C/CCC(N)=O)OC[C@H]1OC(C)=O. The fraction of sp³-hybridized carbons (Fsp3) is 0.509. The highest BCUT2D eigenvalue weighted by molar-refractivity contribution is 5.93. The fourth-order valence-electron chi connectivity index (χ4n) is 8.66. The van der Waals surface area contributed by atoms with E-state index >= 15 is 0 Å². The van der Waals surface area contributed by atoms with Crippen LogP contribution in [0.3, 0.4) is 0 Å². The second-order valence-corrected chi connectivity index (χ2v) is 18.4. The number of amides is 5. The van der Waals surface area contributed by atoms with E-state index in [0.717, 1.165) is 63.8 Å². The number of rotatable bonds is 27. The summed E-state index contributed by atoms with van der Waals surface area (Å²) in [7, 11) is 0. The fourth-order valence-corrected chi connectivity index (χ4v) is 8.66. The Morgan fingerprint density at radius 2 is 1.00 bits per heavy atom. The van der Waals surface area contributed by atoms with Gasteiger partial charge in [0.25, 0.3) is 0 Å². The lowest BCUT2D eigenvalue weighted by atomic mass is 9.98. The van der Waals surface area contributed by atoms with E-state index in [2.05, 4.69) is 21.3 Å².